The molecule has 0 unspecified atom stereocenters. The fourth-order valence-electron chi connectivity index (χ4n) is 5.35. The predicted octanol–water partition coefficient (Wildman–Crippen LogP) is 9.42. The Morgan fingerprint density at radius 1 is 0.902 bits per heavy atom. The molecule has 0 radical (unpaired) electrons. The van der Waals surface area contributed by atoms with E-state index in [4.69, 9.17) is 18.6 Å². The Morgan fingerprint density at radius 3 is 2.05 bits per heavy atom. The molecule has 0 amide bonds. The number of ether oxygens (including phenoxy) is 3. The van der Waals surface area contributed by atoms with Gasteiger partial charge in [-0.2, -0.15) is 13.2 Å². The Morgan fingerprint density at radius 2 is 1.51 bits per heavy atom. The summed E-state index contributed by atoms with van der Waals surface area (Å²) in [6.45, 7) is 14.5. The van der Waals surface area contributed by atoms with Crippen LogP contribution in [0.5, 0.6) is 5.75 Å². The van der Waals surface area contributed by atoms with Crippen molar-refractivity contribution < 1.29 is 31.8 Å². The largest absolute Gasteiger partial charge is 0.497 e. The molecule has 0 fully saturated rings. The third-order valence-corrected chi connectivity index (χ3v) is 13.4. The molecule has 228 valence electrons. The van der Waals surface area contributed by atoms with Crippen LogP contribution in [0.15, 0.2) is 71.2 Å². The lowest BCUT2D eigenvalue weighted by Crippen LogP contribution is -2.47. The number of hydrogen-bond acceptors (Lipinski definition) is 5. The molecule has 0 spiro atoms. The molecule has 9 heteroatoms. The maximum Gasteiger partial charge on any atom is 0.468 e. The molecule has 0 aliphatic heterocycles. The summed E-state index contributed by atoms with van der Waals surface area (Å²) < 4.78 is 63.8. The maximum absolute atomic E-state index is 13.7. The van der Waals surface area contributed by atoms with Crippen molar-refractivity contribution in [3.05, 3.63) is 71.8 Å². The molecular formula is C32H46F3NO4Si. The first-order valence-electron chi connectivity index (χ1n) is 14.3. The zero-order chi connectivity index (χ0) is 30.5. The van der Waals surface area contributed by atoms with Crippen LogP contribution in [0.25, 0.3) is 0 Å². The molecule has 2 aromatic rings. The number of nitrogens with zero attached hydrogens (tertiary/aromatic N) is 1. The minimum atomic E-state index is -4.73. The van der Waals surface area contributed by atoms with E-state index in [-0.39, 0.29) is 18.9 Å². The second-order valence-corrected chi connectivity index (χ2v) is 16.5. The Labute approximate surface area is 244 Å². The third-order valence-electron chi connectivity index (χ3n) is 7.24. The summed E-state index contributed by atoms with van der Waals surface area (Å²) in [5.41, 5.74) is 3.45. The van der Waals surface area contributed by atoms with Gasteiger partial charge >= 0.3 is 6.18 Å². The van der Waals surface area contributed by atoms with Gasteiger partial charge in [0.2, 0.25) is 0 Å². The van der Waals surface area contributed by atoms with Crippen molar-refractivity contribution in [2.75, 3.05) is 26.9 Å². The summed E-state index contributed by atoms with van der Waals surface area (Å²) >= 11 is 0. The Hall–Kier alpha value is -2.62. The first-order valence-corrected chi connectivity index (χ1v) is 16.4. The second-order valence-electron chi connectivity index (χ2n) is 11.0. The van der Waals surface area contributed by atoms with E-state index in [0.717, 1.165) is 17.6 Å². The van der Waals surface area contributed by atoms with E-state index in [1.807, 2.05) is 30.3 Å². The minimum Gasteiger partial charge on any atom is -0.497 e. The van der Waals surface area contributed by atoms with E-state index in [0.29, 0.717) is 42.0 Å². The van der Waals surface area contributed by atoms with Crippen LogP contribution in [0, 0.1) is 0 Å². The SMILES string of the molecule is COc1ccc(N=C(OC/C=C(/CCCO[Si](C(C)C)(C(C)C)C(C)C)COCc2ccccc2)C(F)(F)F)cc1. The molecular weight excluding hydrogens is 547 g/mol. The molecule has 2 rings (SSSR count). The molecule has 41 heavy (non-hydrogen) atoms. The number of benzene rings is 2. The molecule has 0 saturated carbocycles. The summed E-state index contributed by atoms with van der Waals surface area (Å²) in [7, 11) is -0.512. The molecule has 0 atom stereocenters. The monoisotopic (exact) mass is 593 g/mol. The summed E-state index contributed by atoms with van der Waals surface area (Å²) in [5, 5.41) is 0. The summed E-state index contributed by atoms with van der Waals surface area (Å²) in [5.74, 6) is -0.769. The molecule has 0 aliphatic rings. The van der Waals surface area contributed by atoms with Gasteiger partial charge in [-0.3, -0.25) is 0 Å². The van der Waals surface area contributed by atoms with Gasteiger partial charge in [0.05, 0.1) is 26.0 Å². The molecule has 0 saturated heterocycles. The van der Waals surface area contributed by atoms with E-state index in [2.05, 4.69) is 46.5 Å². The van der Waals surface area contributed by atoms with E-state index in [9.17, 15) is 13.2 Å². The molecule has 0 bridgehead atoms. The Kier molecular flexibility index (Phi) is 14.1. The average Bonchev–Trinajstić information content (AvgIpc) is 2.92. The van der Waals surface area contributed by atoms with Crippen molar-refractivity contribution in [3.8, 4) is 5.75 Å². The van der Waals surface area contributed by atoms with Crippen LogP contribution in [0.2, 0.25) is 16.6 Å². The maximum atomic E-state index is 13.7. The predicted molar refractivity (Wildman–Crippen MR) is 163 cm³/mol. The second kappa shape index (κ2) is 16.7. The minimum absolute atomic E-state index is 0.124. The Bertz CT molecular complexity index is 1060. The van der Waals surface area contributed by atoms with Gasteiger partial charge in [0, 0.05) is 6.61 Å². The number of halogens is 3. The van der Waals surface area contributed by atoms with E-state index in [1.54, 1.807) is 18.2 Å². The lowest BCUT2D eigenvalue weighted by molar-refractivity contribution is -0.0770. The van der Waals surface area contributed by atoms with Gasteiger partial charge < -0.3 is 18.6 Å². The summed E-state index contributed by atoms with van der Waals surface area (Å²) in [6.07, 6.45) is -1.69. The van der Waals surface area contributed by atoms with Crippen molar-refractivity contribution >= 4 is 19.9 Å². The molecule has 0 aromatic heterocycles. The highest BCUT2D eigenvalue weighted by molar-refractivity contribution is 6.77. The normalized spacial score (nSPS) is 13.4. The summed E-state index contributed by atoms with van der Waals surface area (Å²) in [4.78, 5) is 3.69. The smallest absolute Gasteiger partial charge is 0.468 e. The van der Waals surface area contributed by atoms with Crippen molar-refractivity contribution in [2.45, 2.75) is 83.8 Å². The highest BCUT2D eigenvalue weighted by atomic mass is 28.4. The fourth-order valence-corrected chi connectivity index (χ4v) is 10.8. The number of aliphatic imine (C=N–C) groups is 1. The molecule has 0 aliphatic carbocycles. The third kappa shape index (κ3) is 10.9. The van der Waals surface area contributed by atoms with Gasteiger partial charge in [-0.25, -0.2) is 4.99 Å². The fraction of sp³-hybridized carbons (Fsp3) is 0.531. The number of hydrogen-bond donors (Lipinski definition) is 0. The zero-order valence-electron chi connectivity index (χ0n) is 25.5. The van der Waals surface area contributed by atoms with Crippen LogP contribution < -0.4 is 4.74 Å². The first-order chi connectivity index (χ1) is 19.4. The van der Waals surface area contributed by atoms with Gasteiger partial charge in [0.15, 0.2) is 8.32 Å². The quantitative estimate of drug-likeness (QED) is 0.0640. The van der Waals surface area contributed by atoms with Gasteiger partial charge in [-0.05, 0) is 70.9 Å². The van der Waals surface area contributed by atoms with E-state index in [1.165, 1.54) is 19.2 Å². The average molecular weight is 594 g/mol. The molecule has 5 nitrogen and oxygen atoms in total. The van der Waals surface area contributed by atoms with Crippen molar-refractivity contribution in [3.63, 3.8) is 0 Å². The van der Waals surface area contributed by atoms with Crippen molar-refractivity contribution in [2.24, 2.45) is 4.99 Å². The van der Waals surface area contributed by atoms with Crippen LogP contribution in [0.4, 0.5) is 18.9 Å². The van der Waals surface area contributed by atoms with E-state index < -0.39 is 20.4 Å². The highest BCUT2D eigenvalue weighted by Gasteiger charge is 2.44. The van der Waals surface area contributed by atoms with E-state index >= 15 is 0 Å². The van der Waals surface area contributed by atoms with Crippen LogP contribution >= 0.6 is 0 Å². The topological polar surface area (TPSA) is 49.3 Å². The first kappa shape index (κ1) is 34.6. The number of alkyl halides is 3. The zero-order valence-corrected chi connectivity index (χ0v) is 26.5. The van der Waals surface area contributed by atoms with Crippen LogP contribution in [0.3, 0.4) is 0 Å². The van der Waals surface area contributed by atoms with Crippen LogP contribution in [-0.2, 0) is 20.5 Å². The number of rotatable bonds is 16. The van der Waals surface area contributed by atoms with Crippen LogP contribution in [-0.4, -0.2) is 47.3 Å². The van der Waals surface area contributed by atoms with Crippen molar-refractivity contribution in [1.82, 2.24) is 0 Å². The van der Waals surface area contributed by atoms with Gasteiger partial charge in [0.25, 0.3) is 5.90 Å². The van der Waals surface area contributed by atoms with Crippen LogP contribution in [0.1, 0.15) is 59.9 Å². The van der Waals surface area contributed by atoms with Gasteiger partial charge in [-0.1, -0.05) is 71.9 Å². The highest BCUT2D eigenvalue weighted by Crippen LogP contribution is 2.42. The standard InChI is InChI=1S/C32H46F3NO4Si/c1-24(2)41(25(3)4,26(5)6)40-20-11-14-28(23-38-22-27-12-9-8-10-13-27)19-21-39-31(32(33,34)35)36-29-15-17-30(37-7)18-16-29/h8-10,12-13,15-19,24-26H,11,14,20-23H2,1-7H3/b28-19-,36-31?. The number of methoxy groups -OCH3 is 1. The summed E-state index contributed by atoms with van der Waals surface area (Å²) in [6, 6.07) is 15.7. The lowest BCUT2D eigenvalue weighted by Gasteiger charge is -2.42. The molecule has 2 aromatic carbocycles. The lowest BCUT2D eigenvalue weighted by atomic mass is 10.1. The molecule has 0 N–H and O–H groups in total. The Balaban J connectivity index is 2.11. The van der Waals surface area contributed by atoms with Gasteiger partial charge in [-0.15, -0.1) is 0 Å². The van der Waals surface area contributed by atoms with Crippen molar-refractivity contribution in [1.29, 1.82) is 0 Å². The molecule has 0 heterocycles. The van der Waals surface area contributed by atoms with Gasteiger partial charge in [0.1, 0.15) is 12.4 Å².